The number of carbonyl (C=O) groups is 2. The molecule has 3 unspecified atom stereocenters. The molecule has 3 atom stereocenters. The molecule has 1 fully saturated rings. The molecule has 2 aliphatic rings. The molecule has 4 rings (SSSR count). The smallest absolute Gasteiger partial charge is 0.271 e. The van der Waals surface area contributed by atoms with Crippen LogP contribution in [0.2, 0.25) is 0 Å². The van der Waals surface area contributed by atoms with E-state index in [1.54, 1.807) is 29.2 Å². The lowest BCUT2D eigenvalue weighted by Crippen LogP contribution is -2.57. The third-order valence-electron chi connectivity index (χ3n) is 6.76. The molecular formula is C30H42N4O4. The number of fused-ring (bicyclic) bond motifs is 1. The zero-order chi connectivity index (χ0) is 27.7. The van der Waals surface area contributed by atoms with Crippen molar-refractivity contribution < 1.29 is 19.4 Å². The second kappa shape index (κ2) is 14.1. The Morgan fingerprint density at radius 1 is 1.18 bits per heavy atom. The predicted octanol–water partition coefficient (Wildman–Crippen LogP) is 4.83. The van der Waals surface area contributed by atoms with E-state index in [0.717, 1.165) is 31.2 Å². The summed E-state index contributed by atoms with van der Waals surface area (Å²) < 4.78 is 4.94. The Balaban J connectivity index is 0.00000195. The summed E-state index contributed by atoms with van der Waals surface area (Å²) in [6, 6.07) is 15.2. The maximum Gasteiger partial charge on any atom is 0.271 e. The Hall–Kier alpha value is -3.20. The number of methoxy groups -OCH3 is 1. The van der Waals surface area contributed by atoms with Gasteiger partial charge in [0.05, 0.1) is 12.1 Å². The van der Waals surface area contributed by atoms with Crippen molar-refractivity contribution in [2.24, 2.45) is 0 Å². The van der Waals surface area contributed by atoms with Gasteiger partial charge in [0.15, 0.2) is 6.29 Å². The van der Waals surface area contributed by atoms with Crippen LogP contribution in [0.1, 0.15) is 75.5 Å². The van der Waals surface area contributed by atoms with Gasteiger partial charge in [-0.05, 0) is 37.1 Å². The monoisotopic (exact) mass is 522 g/mol. The van der Waals surface area contributed by atoms with Crippen LogP contribution in [-0.4, -0.2) is 53.1 Å². The summed E-state index contributed by atoms with van der Waals surface area (Å²) >= 11 is 0. The van der Waals surface area contributed by atoms with E-state index in [1.807, 2.05) is 24.9 Å². The lowest BCUT2D eigenvalue weighted by atomic mass is 10.0. The number of anilines is 1. The number of aliphatic hydroxyl groups excluding tert-OH is 1. The number of unbranched alkanes of at least 4 members (excludes halogenated alkanes) is 2. The number of aryl methyl sites for hydroxylation is 1. The lowest BCUT2D eigenvalue weighted by Gasteiger charge is -2.41. The number of benzene rings is 2. The fraction of sp³-hybridized carbons (Fsp3) is 0.467. The van der Waals surface area contributed by atoms with Crippen molar-refractivity contribution in [2.45, 2.75) is 71.8 Å². The van der Waals surface area contributed by atoms with Crippen molar-refractivity contribution in [3.63, 3.8) is 0 Å². The van der Waals surface area contributed by atoms with Crippen LogP contribution in [0.25, 0.3) is 0 Å². The molecule has 206 valence electrons. The quantitative estimate of drug-likeness (QED) is 0.306. The number of ether oxygens (including phenoxy) is 1. The number of nitrogens with one attached hydrogen (secondary N) is 2. The molecule has 0 aromatic heterocycles. The van der Waals surface area contributed by atoms with Crippen LogP contribution in [0.3, 0.4) is 0 Å². The van der Waals surface area contributed by atoms with Gasteiger partial charge in [0.25, 0.3) is 5.91 Å². The van der Waals surface area contributed by atoms with Crippen LogP contribution in [0, 0.1) is 6.92 Å². The van der Waals surface area contributed by atoms with Crippen LogP contribution in [-0.2, 0) is 14.3 Å². The number of carbonyl (C=O) groups excluding carboxylic acids is 2. The van der Waals surface area contributed by atoms with Gasteiger partial charge in [-0.25, -0.2) is 5.43 Å². The van der Waals surface area contributed by atoms with Crippen LogP contribution >= 0.6 is 0 Å². The van der Waals surface area contributed by atoms with Crippen molar-refractivity contribution in [3.05, 3.63) is 77.0 Å². The summed E-state index contributed by atoms with van der Waals surface area (Å²) in [6.45, 7) is 8.66. The molecule has 0 saturated carbocycles. The number of nitrogens with zero attached hydrogens (tertiary/aromatic N) is 2. The number of amides is 2. The molecule has 0 radical (unpaired) electrons. The molecule has 2 heterocycles. The number of piperazine rings is 1. The molecule has 38 heavy (non-hydrogen) atoms. The SMILES string of the molecule is CC.CCCCCC1CN(CC(=O)Nc2cccc(C(O)OC)c2)C(=O)C2=CC(c3ccc(C)cc3)NN21. The molecule has 2 amide bonds. The number of hydrogen-bond acceptors (Lipinski definition) is 6. The summed E-state index contributed by atoms with van der Waals surface area (Å²) in [5.41, 5.74) is 7.51. The fourth-order valence-electron chi connectivity index (χ4n) is 4.76. The highest BCUT2D eigenvalue weighted by Gasteiger charge is 2.41. The molecule has 2 aromatic carbocycles. The van der Waals surface area contributed by atoms with E-state index in [0.29, 0.717) is 23.5 Å². The van der Waals surface area contributed by atoms with E-state index in [1.165, 1.54) is 12.7 Å². The molecule has 0 spiro atoms. The van der Waals surface area contributed by atoms with Gasteiger partial charge in [-0.15, -0.1) is 0 Å². The van der Waals surface area contributed by atoms with Crippen LogP contribution in [0.15, 0.2) is 60.3 Å². The van der Waals surface area contributed by atoms with E-state index >= 15 is 0 Å². The first kappa shape index (κ1) is 29.4. The number of hydrazine groups is 1. The Kier molecular flexibility index (Phi) is 10.9. The van der Waals surface area contributed by atoms with E-state index in [9.17, 15) is 14.7 Å². The van der Waals surface area contributed by atoms with Gasteiger partial charge in [-0.2, -0.15) is 0 Å². The molecule has 0 bridgehead atoms. The normalized spacial score (nSPS) is 19.3. The summed E-state index contributed by atoms with van der Waals surface area (Å²) in [7, 11) is 1.41. The van der Waals surface area contributed by atoms with Crippen molar-refractivity contribution in [3.8, 4) is 0 Å². The molecule has 8 heteroatoms. The molecule has 1 saturated heterocycles. The van der Waals surface area contributed by atoms with E-state index in [-0.39, 0.29) is 30.4 Å². The van der Waals surface area contributed by atoms with E-state index in [2.05, 4.69) is 48.9 Å². The van der Waals surface area contributed by atoms with Gasteiger partial charge in [0.1, 0.15) is 12.2 Å². The first-order chi connectivity index (χ1) is 18.4. The Morgan fingerprint density at radius 2 is 1.92 bits per heavy atom. The van der Waals surface area contributed by atoms with Gasteiger partial charge in [0, 0.05) is 24.9 Å². The van der Waals surface area contributed by atoms with Gasteiger partial charge in [-0.3, -0.25) is 14.6 Å². The first-order valence-corrected chi connectivity index (χ1v) is 13.6. The van der Waals surface area contributed by atoms with Gasteiger partial charge in [-0.1, -0.05) is 82.0 Å². The maximum atomic E-state index is 13.4. The zero-order valence-electron chi connectivity index (χ0n) is 23.2. The molecule has 0 aliphatic carbocycles. The third kappa shape index (κ3) is 7.22. The third-order valence-corrected chi connectivity index (χ3v) is 6.76. The minimum atomic E-state index is -1.07. The highest BCUT2D eigenvalue weighted by atomic mass is 16.6. The summed E-state index contributed by atoms with van der Waals surface area (Å²) in [5, 5.41) is 14.8. The molecule has 2 aromatic rings. The summed E-state index contributed by atoms with van der Waals surface area (Å²) in [6.07, 6.45) is 5.15. The highest BCUT2D eigenvalue weighted by molar-refractivity contribution is 5.99. The second-order valence-corrected chi connectivity index (χ2v) is 9.54. The average Bonchev–Trinajstić information content (AvgIpc) is 3.38. The standard InChI is InChI=1S/C28H36N4O4.C2H6/c1-4-5-6-10-23-17-31(18-26(33)29-22-9-7-8-21(15-22)28(35)36-3)27(34)25-16-24(30-32(23)25)20-13-11-19(2)12-14-20;1-2/h7-9,11-16,23-24,28,30,35H,4-6,10,17-18H2,1-3H3,(H,29,33);1-2H3. The lowest BCUT2D eigenvalue weighted by molar-refractivity contribution is -0.137. The Morgan fingerprint density at radius 3 is 2.61 bits per heavy atom. The van der Waals surface area contributed by atoms with Gasteiger partial charge in [0.2, 0.25) is 5.91 Å². The fourth-order valence-corrected chi connectivity index (χ4v) is 4.76. The Bertz CT molecular complexity index is 1100. The van der Waals surface area contributed by atoms with Crippen molar-refractivity contribution in [1.29, 1.82) is 0 Å². The largest absolute Gasteiger partial charge is 0.364 e. The minimum Gasteiger partial charge on any atom is -0.364 e. The summed E-state index contributed by atoms with van der Waals surface area (Å²) in [5.74, 6) is -0.433. The molecule has 2 aliphatic heterocycles. The van der Waals surface area contributed by atoms with Crippen LogP contribution in [0.4, 0.5) is 5.69 Å². The minimum absolute atomic E-state index is 0.0411. The first-order valence-electron chi connectivity index (χ1n) is 13.6. The maximum absolute atomic E-state index is 13.4. The second-order valence-electron chi connectivity index (χ2n) is 9.54. The van der Waals surface area contributed by atoms with Crippen molar-refractivity contribution in [1.82, 2.24) is 15.3 Å². The van der Waals surface area contributed by atoms with Crippen LogP contribution < -0.4 is 10.7 Å². The Labute approximate surface area is 226 Å². The number of rotatable bonds is 10. The average molecular weight is 523 g/mol. The van der Waals surface area contributed by atoms with Crippen molar-refractivity contribution in [2.75, 3.05) is 25.5 Å². The van der Waals surface area contributed by atoms with Gasteiger partial charge >= 0.3 is 0 Å². The zero-order valence-corrected chi connectivity index (χ0v) is 23.2. The topological polar surface area (TPSA) is 94.1 Å². The number of aliphatic hydroxyl groups is 1. The molecule has 8 nitrogen and oxygen atoms in total. The van der Waals surface area contributed by atoms with E-state index < -0.39 is 6.29 Å². The summed E-state index contributed by atoms with van der Waals surface area (Å²) in [4.78, 5) is 28.0. The van der Waals surface area contributed by atoms with E-state index in [4.69, 9.17) is 4.74 Å². The van der Waals surface area contributed by atoms with Crippen LogP contribution in [0.5, 0.6) is 0 Å². The van der Waals surface area contributed by atoms with Gasteiger partial charge < -0.3 is 20.1 Å². The molecule has 3 N–H and O–H groups in total. The highest BCUT2D eigenvalue weighted by Crippen LogP contribution is 2.32. The van der Waals surface area contributed by atoms with Crippen molar-refractivity contribution >= 4 is 17.5 Å². The number of hydrogen-bond donors (Lipinski definition) is 3. The molecular weight excluding hydrogens is 480 g/mol. The predicted molar refractivity (Wildman–Crippen MR) is 150 cm³/mol.